The third-order valence-corrected chi connectivity index (χ3v) is 5.83. The zero-order valence-electron chi connectivity index (χ0n) is 13.5. The zero-order valence-corrected chi connectivity index (χ0v) is 14.3. The Morgan fingerprint density at radius 2 is 2.00 bits per heavy atom. The molecule has 1 aromatic carbocycles. The lowest BCUT2D eigenvalue weighted by atomic mass is 10.2. The standard InChI is InChI=1S/C19H16N4OS/c24-19(14-12-22-10-4-3-9-17(22)20-14)23-11-5-7-15(23)18-21-13-6-1-2-8-16(13)25-18/h1-4,6,8-10,12,15H,5,7,11H2/t15-/m0/s1. The molecule has 5 nitrogen and oxygen atoms in total. The van der Waals surface area contributed by atoms with E-state index < -0.39 is 0 Å². The topological polar surface area (TPSA) is 50.5 Å². The first-order valence-corrected chi connectivity index (χ1v) is 9.21. The van der Waals surface area contributed by atoms with Crippen molar-refractivity contribution >= 4 is 33.1 Å². The van der Waals surface area contributed by atoms with Gasteiger partial charge in [-0.2, -0.15) is 0 Å². The molecular formula is C19H16N4OS. The Labute approximate surface area is 148 Å². The zero-order chi connectivity index (χ0) is 16.8. The Hall–Kier alpha value is -2.73. The van der Waals surface area contributed by atoms with Crippen molar-refractivity contribution in [2.24, 2.45) is 0 Å². The van der Waals surface area contributed by atoms with Gasteiger partial charge in [-0.25, -0.2) is 9.97 Å². The fraction of sp³-hybridized carbons (Fsp3) is 0.211. The summed E-state index contributed by atoms with van der Waals surface area (Å²) in [5, 5.41) is 1.02. The van der Waals surface area contributed by atoms with Crippen molar-refractivity contribution in [3.05, 3.63) is 65.6 Å². The number of pyridine rings is 1. The van der Waals surface area contributed by atoms with Crippen LogP contribution in [0.15, 0.2) is 54.9 Å². The molecule has 0 saturated carbocycles. The van der Waals surface area contributed by atoms with Crippen molar-refractivity contribution < 1.29 is 4.79 Å². The maximum absolute atomic E-state index is 13.0. The van der Waals surface area contributed by atoms with E-state index in [-0.39, 0.29) is 11.9 Å². The average Bonchev–Trinajstić information content (AvgIpc) is 3.36. The van der Waals surface area contributed by atoms with E-state index in [0.717, 1.165) is 35.6 Å². The monoisotopic (exact) mass is 348 g/mol. The van der Waals surface area contributed by atoms with E-state index in [9.17, 15) is 4.79 Å². The van der Waals surface area contributed by atoms with Crippen LogP contribution in [0.4, 0.5) is 0 Å². The lowest BCUT2D eigenvalue weighted by molar-refractivity contribution is 0.0730. The van der Waals surface area contributed by atoms with Gasteiger partial charge in [0.05, 0.1) is 16.3 Å². The summed E-state index contributed by atoms with van der Waals surface area (Å²) in [6.45, 7) is 0.757. The van der Waals surface area contributed by atoms with Gasteiger partial charge in [-0.15, -0.1) is 11.3 Å². The molecular weight excluding hydrogens is 332 g/mol. The molecule has 25 heavy (non-hydrogen) atoms. The molecule has 0 bridgehead atoms. The normalized spacial score (nSPS) is 17.6. The number of hydrogen-bond donors (Lipinski definition) is 0. The van der Waals surface area contributed by atoms with Crippen LogP contribution in [0.3, 0.4) is 0 Å². The number of para-hydroxylation sites is 1. The fourth-order valence-electron chi connectivity index (χ4n) is 3.48. The number of benzene rings is 1. The lowest BCUT2D eigenvalue weighted by Gasteiger charge is -2.22. The largest absolute Gasteiger partial charge is 0.328 e. The Balaban J connectivity index is 1.50. The van der Waals surface area contributed by atoms with Crippen molar-refractivity contribution in [3.63, 3.8) is 0 Å². The maximum atomic E-state index is 13.0. The number of amides is 1. The lowest BCUT2D eigenvalue weighted by Crippen LogP contribution is -2.30. The van der Waals surface area contributed by atoms with Gasteiger partial charge in [0.1, 0.15) is 16.3 Å². The number of carbonyl (C=O) groups is 1. The SMILES string of the molecule is O=C(c1cn2ccccc2n1)N1CCC[C@H]1c1nc2ccccc2s1. The minimum atomic E-state index is -0.00884. The molecule has 0 spiro atoms. The Morgan fingerprint density at radius 3 is 2.88 bits per heavy atom. The molecule has 0 aliphatic carbocycles. The van der Waals surface area contributed by atoms with Crippen molar-refractivity contribution in [1.82, 2.24) is 19.3 Å². The highest BCUT2D eigenvalue weighted by molar-refractivity contribution is 7.18. The summed E-state index contributed by atoms with van der Waals surface area (Å²) < 4.78 is 3.06. The second-order valence-electron chi connectivity index (χ2n) is 6.27. The fourth-order valence-corrected chi connectivity index (χ4v) is 4.60. The van der Waals surface area contributed by atoms with E-state index in [1.807, 2.05) is 58.1 Å². The minimum Gasteiger partial charge on any atom is -0.328 e. The van der Waals surface area contributed by atoms with Crippen molar-refractivity contribution in [2.75, 3.05) is 6.54 Å². The molecule has 1 saturated heterocycles. The molecule has 3 aromatic heterocycles. The number of rotatable bonds is 2. The summed E-state index contributed by atoms with van der Waals surface area (Å²) in [4.78, 5) is 24.2. The number of nitrogens with zero attached hydrogens (tertiary/aromatic N) is 4. The molecule has 1 aliphatic heterocycles. The van der Waals surface area contributed by atoms with Crippen LogP contribution < -0.4 is 0 Å². The molecule has 4 heterocycles. The number of hydrogen-bond acceptors (Lipinski definition) is 4. The Morgan fingerprint density at radius 1 is 1.12 bits per heavy atom. The van der Waals surface area contributed by atoms with Gasteiger partial charge in [0, 0.05) is 18.9 Å². The van der Waals surface area contributed by atoms with Gasteiger partial charge in [0.15, 0.2) is 0 Å². The van der Waals surface area contributed by atoms with Crippen LogP contribution in [0.25, 0.3) is 15.9 Å². The summed E-state index contributed by atoms with van der Waals surface area (Å²) in [6.07, 6.45) is 5.68. The molecule has 1 atom stereocenters. The van der Waals surface area contributed by atoms with Crippen LogP contribution in [-0.4, -0.2) is 31.7 Å². The molecule has 0 N–H and O–H groups in total. The molecule has 1 amide bonds. The molecule has 5 rings (SSSR count). The second kappa shape index (κ2) is 5.67. The highest BCUT2D eigenvalue weighted by atomic mass is 32.1. The Kier molecular flexibility index (Phi) is 3.31. The van der Waals surface area contributed by atoms with Crippen LogP contribution in [0.2, 0.25) is 0 Å². The predicted octanol–water partition coefficient (Wildman–Crippen LogP) is 3.92. The highest BCUT2D eigenvalue weighted by Gasteiger charge is 2.33. The van der Waals surface area contributed by atoms with Crippen LogP contribution in [0, 0.1) is 0 Å². The highest BCUT2D eigenvalue weighted by Crippen LogP contribution is 2.37. The van der Waals surface area contributed by atoms with Crippen molar-refractivity contribution in [1.29, 1.82) is 0 Å². The van der Waals surface area contributed by atoms with Crippen LogP contribution in [0.1, 0.15) is 34.4 Å². The summed E-state index contributed by atoms with van der Waals surface area (Å²) in [5.74, 6) is -0.00884. The van der Waals surface area contributed by atoms with E-state index in [2.05, 4.69) is 11.1 Å². The van der Waals surface area contributed by atoms with Crippen LogP contribution in [0.5, 0.6) is 0 Å². The third-order valence-electron chi connectivity index (χ3n) is 4.69. The van der Waals surface area contributed by atoms with E-state index in [1.54, 1.807) is 11.3 Å². The molecule has 6 heteroatoms. The first-order chi connectivity index (χ1) is 12.3. The van der Waals surface area contributed by atoms with E-state index in [0.29, 0.717) is 5.69 Å². The van der Waals surface area contributed by atoms with Gasteiger partial charge in [0.2, 0.25) is 0 Å². The van der Waals surface area contributed by atoms with Gasteiger partial charge >= 0.3 is 0 Å². The number of fused-ring (bicyclic) bond motifs is 2. The Bertz CT molecular complexity index is 1020. The van der Waals surface area contributed by atoms with Gasteiger partial charge in [-0.1, -0.05) is 18.2 Å². The van der Waals surface area contributed by atoms with E-state index >= 15 is 0 Å². The smallest absolute Gasteiger partial charge is 0.274 e. The minimum absolute atomic E-state index is 0.00884. The summed E-state index contributed by atoms with van der Waals surface area (Å²) in [6, 6.07) is 14.0. The third kappa shape index (κ3) is 2.41. The second-order valence-corrected chi connectivity index (χ2v) is 7.33. The van der Waals surface area contributed by atoms with Crippen LogP contribution in [-0.2, 0) is 0 Å². The molecule has 1 aliphatic rings. The van der Waals surface area contributed by atoms with E-state index in [4.69, 9.17) is 4.98 Å². The van der Waals surface area contributed by atoms with Gasteiger partial charge < -0.3 is 9.30 Å². The summed E-state index contributed by atoms with van der Waals surface area (Å²) in [7, 11) is 0. The van der Waals surface area contributed by atoms with Crippen LogP contribution >= 0.6 is 11.3 Å². The number of imidazole rings is 1. The average molecular weight is 348 g/mol. The first-order valence-electron chi connectivity index (χ1n) is 8.40. The molecule has 0 radical (unpaired) electrons. The number of carbonyl (C=O) groups excluding carboxylic acids is 1. The number of aromatic nitrogens is 3. The predicted molar refractivity (Wildman–Crippen MR) is 97.8 cm³/mol. The molecule has 1 fully saturated rings. The number of likely N-dealkylation sites (tertiary alicyclic amines) is 1. The maximum Gasteiger partial charge on any atom is 0.274 e. The van der Waals surface area contributed by atoms with Gasteiger partial charge in [-0.05, 0) is 37.1 Å². The molecule has 0 unspecified atom stereocenters. The molecule has 124 valence electrons. The molecule has 4 aromatic rings. The van der Waals surface area contributed by atoms with Crippen molar-refractivity contribution in [2.45, 2.75) is 18.9 Å². The number of thiazole rings is 1. The summed E-state index contributed by atoms with van der Waals surface area (Å²) >= 11 is 1.69. The van der Waals surface area contributed by atoms with Gasteiger partial charge in [0.25, 0.3) is 5.91 Å². The van der Waals surface area contributed by atoms with Gasteiger partial charge in [-0.3, -0.25) is 4.79 Å². The van der Waals surface area contributed by atoms with Crippen molar-refractivity contribution in [3.8, 4) is 0 Å². The van der Waals surface area contributed by atoms with E-state index in [1.165, 1.54) is 4.70 Å². The first kappa shape index (κ1) is 14.6. The quantitative estimate of drug-likeness (QED) is 0.552. The summed E-state index contributed by atoms with van der Waals surface area (Å²) in [5.41, 5.74) is 2.30.